The number of hydrogen-bond acceptors (Lipinski definition) is 7. The Morgan fingerprint density at radius 2 is 1.73 bits per heavy atom. The maximum Gasteiger partial charge on any atom is 0.573 e. The number of carbonyl (C=O) groups is 2. The van der Waals surface area contributed by atoms with Crippen molar-refractivity contribution in [2.75, 3.05) is 6.54 Å². The third-order valence-corrected chi connectivity index (χ3v) is 4.78. The first-order chi connectivity index (χ1) is 15.4. The summed E-state index contributed by atoms with van der Waals surface area (Å²) >= 11 is 0. The van der Waals surface area contributed by atoms with Crippen LogP contribution < -0.4 is 19.5 Å². The lowest BCUT2D eigenvalue weighted by molar-refractivity contribution is -0.275. The Bertz CT molecular complexity index is 1030. The van der Waals surface area contributed by atoms with Crippen molar-refractivity contribution < 1.29 is 52.3 Å². The van der Waals surface area contributed by atoms with Gasteiger partial charge in [-0.25, -0.2) is 9.59 Å². The molecule has 33 heavy (non-hydrogen) atoms. The standard InChI is InChI=1S/C21H20F3NO8/c1-11(25-10-14(26)13-4-2-3-5-15(13)33-21(22,23)24)8-12-6-7-16-17(9-12)32-20(31-16,18(27)28)19(29)30/h2-7,9,11,14,25-26H,8,10H2,1H3,(H,27,28)(H,29,30)/t11-,14-/m1/s1. The largest absolute Gasteiger partial charge is 0.573 e. The molecule has 178 valence electrons. The minimum absolute atomic E-state index is 0.0312. The maximum atomic E-state index is 12.6. The quantitative estimate of drug-likeness (QED) is 0.407. The number of aliphatic hydroxyl groups is 1. The summed E-state index contributed by atoms with van der Waals surface area (Å²) in [4.78, 5) is 22.7. The number of benzene rings is 2. The van der Waals surface area contributed by atoms with Gasteiger partial charge >= 0.3 is 24.1 Å². The number of rotatable bonds is 9. The van der Waals surface area contributed by atoms with E-state index in [1.807, 2.05) is 0 Å². The van der Waals surface area contributed by atoms with Crippen LogP contribution in [0.5, 0.6) is 17.2 Å². The maximum absolute atomic E-state index is 12.6. The number of hydrogen-bond donors (Lipinski definition) is 4. The number of fused-ring (bicyclic) bond motifs is 1. The van der Waals surface area contributed by atoms with Gasteiger partial charge in [0, 0.05) is 18.2 Å². The molecule has 1 heterocycles. The third kappa shape index (κ3) is 5.46. The van der Waals surface area contributed by atoms with Gasteiger partial charge in [0.25, 0.3) is 0 Å². The van der Waals surface area contributed by atoms with Crippen LogP contribution in [0.15, 0.2) is 42.5 Å². The molecule has 0 unspecified atom stereocenters. The summed E-state index contributed by atoms with van der Waals surface area (Å²) in [6, 6.07) is 9.39. The Morgan fingerprint density at radius 3 is 2.36 bits per heavy atom. The SMILES string of the molecule is C[C@H](Cc1ccc2c(c1)OC(C(=O)O)(C(=O)O)O2)NC[C@@H](O)c1ccccc1OC(F)(F)F. The van der Waals surface area contributed by atoms with E-state index in [4.69, 9.17) is 9.47 Å². The molecule has 0 saturated heterocycles. The Hall–Kier alpha value is -3.51. The van der Waals surface area contributed by atoms with Gasteiger partial charge in [-0.3, -0.25) is 0 Å². The zero-order chi connectivity index (χ0) is 24.4. The van der Waals surface area contributed by atoms with Gasteiger partial charge in [-0.2, -0.15) is 0 Å². The molecule has 3 rings (SSSR count). The average Bonchev–Trinajstić information content (AvgIpc) is 3.12. The van der Waals surface area contributed by atoms with E-state index in [0.717, 1.165) is 6.07 Å². The smallest absolute Gasteiger partial charge is 0.475 e. The van der Waals surface area contributed by atoms with E-state index in [1.165, 1.54) is 30.3 Å². The number of aliphatic hydroxyl groups excluding tert-OH is 1. The normalized spacial score (nSPS) is 16.2. The van der Waals surface area contributed by atoms with E-state index in [9.17, 15) is 38.1 Å². The zero-order valence-corrected chi connectivity index (χ0v) is 17.1. The van der Waals surface area contributed by atoms with Crippen molar-refractivity contribution in [1.29, 1.82) is 0 Å². The van der Waals surface area contributed by atoms with E-state index >= 15 is 0 Å². The summed E-state index contributed by atoms with van der Waals surface area (Å²) in [6.07, 6.45) is -5.83. The van der Waals surface area contributed by atoms with Crippen LogP contribution in [0.1, 0.15) is 24.2 Å². The van der Waals surface area contributed by atoms with Crippen LogP contribution >= 0.6 is 0 Å². The van der Waals surface area contributed by atoms with Gasteiger partial charge < -0.3 is 34.8 Å². The molecule has 0 aliphatic carbocycles. The third-order valence-electron chi connectivity index (χ3n) is 4.78. The van der Waals surface area contributed by atoms with Gasteiger partial charge in [0.2, 0.25) is 0 Å². The summed E-state index contributed by atoms with van der Waals surface area (Å²) in [5.41, 5.74) is 0.607. The van der Waals surface area contributed by atoms with Crippen LogP contribution in [0.4, 0.5) is 13.2 Å². The van der Waals surface area contributed by atoms with E-state index in [-0.39, 0.29) is 29.6 Å². The lowest BCUT2D eigenvalue weighted by Gasteiger charge is -2.20. The predicted octanol–water partition coefficient (Wildman–Crippen LogP) is 2.48. The van der Waals surface area contributed by atoms with E-state index in [0.29, 0.717) is 12.0 Å². The van der Waals surface area contributed by atoms with Gasteiger partial charge in [-0.15, -0.1) is 13.2 Å². The van der Waals surface area contributed by atoms with Crippen molar-refractivity contribution in [2.45, 2.75) is 37.6 Å². The van der Waals surface area contributed by atoms with Crippen LogP contribution in [0.2, 0.25) is 0 Å². The molecule has 0 saturated carbocycles. The minimum Gasteiger partial charge on any atom is -0.475 e. The summed E-state index contributed by atoms with van der Waals surface area (Å²) < 4.78 is 51.7. The number of ether oxygens (including phenoxy) is 3. The van der Waals surface area contributed by atoms with Gasteiger partial charge in [0.05, 0.1) is 6.10 Å². The number of nitrogens with one attached hydrogen (secondary N) is 1. The highest BCUT2D eigenvalue weighted by atomic mass is 19.4. The van der Waals surface area contributed by atoms with Crippen LogP contribution in [-0.4, -0.2) is 52.0 Å². The molecule has 2 atom stereocenters. The molecule has 0 bridgehead atoms. The minimum atomic E-state index is -4.89. The Labute approximate surface area is 185 Å². The highest BCUT2D eigenvalue weighted by Gasteiger charge is 2.57. The summed E-state index contributed by atoms with van der Waals surface area (Å²) in [5.74, 6) is -7.08. The number of para-hydroxylation sites is 1. The molecule has 1 aliphatic rings. The summed E-state index contributed by atoms with van der Waals surface area (Å²) in [6.45, 7) is 1.68. The second-order valence-corrected chi connectivity index (χ2v) is 7.33. The Morgan fingerprint density at radius 1 is 1.09 bits per heavy atom. The van der Waals surface area contributed by atoms with Crippen molar-refractivity contribution in [2.24, 2.45) is 0 Å². The van der Waals surface area contributed by atoms with Crippen molar-refractivity contribution in [1.82, 2.24) is 5.32 Å². The van der Waals surface area contributed by atoms with Crippen LogP contribution in [-0.2, 0) is 16.0 Å². The van der Waals surface area contributed by atoms with E-state index in [1.54, 1.807) is 13.0 Å². The number of aliphatic carboxylic acids is 2. The highest BCUT2D eigenvalue weighted by Crippen LogP contribution is 2.40. The van der Waals surface area contributed by atoms with Crippen molar-refractivity contribution in [3.8, 4) is 17.2 Å². The van der Waals surface area contributed by atoms with E-state index in [2.05, 4.69) is 10.1 Å². The second kappa shape index (κ2) is 9.16. The first-order valence-corrected chi connectivity index (χ1v) is 9.65. The van der Waals surface area contributed by atoms with Crippen LogP contribution in [0.3, 0.4) is 0 Å². The first kappa shape index (κ1) is 24.1. The molecular weight excluding hydrogens is 451 g/mol. The molecule has 0 radical (unpaired) electrons. The van der Waals surface area contributed by atoms with Gasteiger partial charge in [-0.05, 0) is 37.1 Å². The number of carboxylic acids is 2. The number of carboxylic acid groups (broad SMARTS) is 2. The molecule has 4 N–H and O–H groups in total. The average molecular weight is 471 g/mol. The zero-order valence-electron chi connectivity index (χ0n) is 17.1. The van der Waals surface area contributed by atoms with Gasteiger partial charge in [0.1, 0.15) is 5.75 Å². The monoisotopic (exact) mass is 471 g/mol. The highest BCUT2D eigenvalue weighted by molar-refractivity contribution is 6.01. The lowest BCUT2D eigenvalue weighted by atomic mass is 10.0. The molecule has 1 aliphatic heterocycles. The van der Waals surface area contributed by atoms with Crippen molar-refractivity contribution in [3.63, 3.8) is 0 Å². The molecule has 0 aromatic heterocycles. The van der Waals surface area contributed by atoms with Crippen LogP contribution in [0.25, 0.3) is 0 Å². The second-order valence-electron chi connectivity index (χ2n) is 7.33. The fourth-order valence-electron chi connectivity index (χ4n) is 3.26. The van der Waals surface area contributed by atoms with Crippen LogP contribution in [0, 0.1) is 0 Å². The van der Waals surface area contributed by atoms with Crippen molar-refractivity contribution in [3.05, 3.63) is 53.6 Å². The molecule has 0 spiro atoms. The Balaban J connectivity index is 1.62. The Kier molecular flexibility index (Phi) is 6.70. The fourth-order valence-corrected chi connectivity index (χ4v) is 3.26. The number of halogens is 3. The molecule has 9 nitrogen and oxygen atoms in total. The summed E-state index contributed by atoms with van der Waals surface area (Å²) in [5, 5.41) is 31.7. The number of alkyl halides is 3. The lowest BCUT2D eigenvalue weighted by Crippen LogP contribution is -2.54. The molecular formula is C21H20F3NO8. The predicted molar refractivity (Wildman–Crippen MR) is 105 cm³/mol. The molecule has 12 heteroatoms. The molecule has 0 fully saturated rings. The van der Waals surface area contributed by atoms with Gasteiger partial charge in [0.15, 0.2) is 11.5 Å². The summed E-state index contributed by atoms with van der Waals surface area (Å²) in [7, 11) is 0. The van der Waals surface area contributed by atoms with Crippen molar-refractivity contribution >= 4 is 11.9 Å². The molecule has 0 amide bonds. The fraction of sp³-hybridized carbons (Fsp3) is 0.333. The van der Waals surface area contributed by atoms with E-state index < -0.39 is 35.9 Å². The first-order valence-electron chi connectivity index (χ1n) is 9.65. The topological polar surface area (TPSA) is 135 Å². The van der Waals surface area contributed by atoms with Gasteiger partial charge in [-0.1, -0.05) is 24.3 Å². The molecule has 2 aromatic rings. The molecule has 2 aromatic carbocycles.